The largest absolute Gasteiger partial charge is 0.507 e. The molecule has 4 aromatic rings. The van der Waals surface area contributed by atoms with E-state index in [1.54, 1.807) is 19.1 Å². The van der Waals surface area contributed by atoms with E-state index in [0.717, 1.165) is 0 Å². The van der Waals surface area contributed by atoms with E-state index in [1.807, 2.05) is 0 Å². The fourth-order valence-electron chi connectivity index (χ4n) is 7.27. The van der Waals surface area contributed by atoms with Gasteiger partial charge in [-0.3, -0.25) is 19.2 Å². The third kappa shape index (κ3) is 3.74. The van der Waals surface area contributed by atoms with Gasteiger partial charge in [-0.15, -0.1) is 0 Å². The van der Waals surface area contributed by atoms with Gasteiger partial charge in [0.2, 0.25) is 0 Å². The minimum absolute atomic E-state index is 0.0381. The highest BCUT2D eigenvalue weighted by atomic mass is 16.3. The first-order valence-corrected chi connectivity index (χ1v) is 13.7. The van der Waals surface area contributed by atoms with Crippen molar-refractivity contribution >= 4 is 44.7 Å². The summed E-state index contributed by atoms with van der Waals surface area (Å²) >= 11 is 0. The van der Waals surface area contributed by atoms with E-state index in [1.165, 1.54) is 51.1 Å². The smallest absolute Gasteiger partial charge is 0.189 e. The Hall–Kier alpha value is -5.02. The highest BCUT2D eigenvalue weighted by molar-refractivity contribution is 6.24. The Balaban J connectivity index is 2.01. The Morgan fingerprint density at radius 1 is 0.767 bits per heavy atom. The quantitative estimate of drug-likeness (QED) is 0.216. The lowest BCUT2D eigenvalue weighted by Gasteiger charge is -2.39. The van der Waals surface area contributed by atoms with Crippen LogP contribution in [0.25, 0.3) is 32.7 Å². The number of hydrogen-bond acceptors (Lipinski definition) is 9. The van der Waals surface area contributed by atoms with Crippen LogP contribution in [0, 0.1) is 0 Å². The molecule has 43 heavy (non-hydrogen) atoms. The molecule has 0 heterocycles. The Morgan fingerprint density at radius 2 is 1.28 bits per heavy atom. The first-order chi connectivity index (χ1) is 20.2. The lowest BCUT2D eigenvalue weighted by Crippen LogP contribution is -2.43. The lowest BCUT2D eigenvalue weighted by atomic mass is 9.65. The minimum atomic E-state index is -1.89. The number of aromatic hydroxyl groups is 4. The van der Waals surface area contributed by atoms with Crippen LogP contribution >= 0.6 is 0 Å². The maximum Gasteiger partial charge on any atom is 0.189 e. The highest BCUT2D eigenvalue weighted by Crippen LogP contribution is 2.57. The number of Topliss-reactive ketones (excluding diaryl/α,β-unsaturated/α-hetero) is 3. The Kier molecular flexibility index (Phi) is 6.04. The number of carbonyl (C=O) groups is 4. The zero-order chi connectivity index (χ0) is 31.3. The molecule has 0 aromatic heterocycles. The number of carbonyl (C=O) groups excluding carboxylic acids is 4. The van der Waals surface area contributed by atoms with Gasteiger partial charge in [-0.25, -0.2) is 0 Å². The van der Waals surface area contributed by atoms with Crippen molar-refractivity contribution in [3.05, 3.63) is 70.3 Å². The van der Waals surface area contributed by atoms with Crippen LogP contribution in [-0.4, -0.2) is 54.3 Å². The fourth-order valence-corrected chi connectivity index (χ4v) is 7.27. The first-order valence-electron chi connectivity index (χ1n) is 13.7. The zero-order valence-corrected chi connectivity index (χ0v) is 23.8. The molecule has 0 bridgehead atoms. The van der Waals surface area contributed by atoms with Crippen LogP contribution in [0.3, 0.4) is 0 Å². The molecule has 9 nitrogen and oxygen atoms in total. The van der Waals surface area contributed by atoms with Gasteiger partial charge < -0.3 is 25.5 Å². The van der Waals surface area contributed by atoms with E-state index in [4.69, 9.17) is 0 Å². The van der Waals surface area contributed by atoms with Crippen LogP contribution in [0.1, 0.15) is 77.8 Å². The number of phenols is 4. The van der Waals surface area contributed by atoms with E-state index in [0.29, 0.717) is 5.57 Å². The summed E-state index contributed by atoms with van der Waals surface area (Å²) in [5.74, 6) is -6.46. The highest BCUT2D eigenvalue weighted by Gasteiger charge is 2.49. The van der Waals surface area contributed by atoms with Gasteiger partial charge in [-0.2, -0.15) is 0 Å². The van der Waals surface area contributed by atoms with Crippen molar-refractivity contribution in [1.82, 2.24) is 0 Å². The number of hydrogen-bond donors (Lipinski definition) is 5. The van der Waals surface area contributed by atoms with Gasteiger partial charge in [0.15, 0.2) is 11.6 Å². The van der Waals surface area contributed by atoms with Crippen LogP contribution in [0.4, 0.5) is 0 Å². The number of ketones is 4. The summed E-state index contributed by atoms with van der Waals surface area (Å²) in [6.07, 6.45) is 0.745. The van der Waals surface area contributed by atoms with Gasteiger partial charge in [0.05, 0.1) is 39.3 Å². The van der Waals surface area contributed by atoms with E-state index in [9.17, 15) is 44.7 Å². The van der Waals surface area contributed by atoms with Crippen LogP contribution in [0.15, 0.2) is 48.0 Å². The molecular formula is C34H28O9. The molecule has 0 radical (unpaired) electrons. The standard InChI is InChI=1S/C34H28O9/c1-13-11-20(39)27-29(22(13)14(2)35)25(16-7-5-9-18(37)23(16)32(27)41)26-17-8-6-10-19(38)24(17)33(42)28-21(40)12-34(4,43)31(15(3)36)30(26)28/h5-11,22,31,37-38,41-43H,12H2,1-4H3/t22-,31+,34+/m0/s1. The third-order valence-electron chi connectivity index (χ3n) is 8.77. The van der Waals surface area contributed by atoms with Gasteiger partial charge in [0, 0.05) is 6.42 Å². The Morgan fingerprint density at radius 3 is 1.79 bits per heavy atom. The Bertz CT molecular complexity index is 2030. The molecule has 3 atom stereocenters. The van der Waals surface area contributed by atoms with Crippen molar-refractivity contribution in [2.45, 2.75) is 51.6 Å². The number of benzene rings is 4. The molecule has 2 aliphatic carbocycles. The monoisotopic (exact) mass is 580 g/mol. The maximum atomic E-state index is 13.7. The number of phenolic OH excluding ortho intramolecular Hbond substituents is 4. The molecule has 4 aromatic carbocycles. The molecule has 0 saturated heterocycles. The molecule has 2 aliphatic rings. The maximum absolute atomic E-state index is 13.7. The molecule has 0 saturated carbocycles. The summed E-state index contributed by atoms with van der Waals surface area (Å²) < 4.78 is 0. The molecule has 6 rings (SSSR count). The second-order valence-corrected chi connectivity index (χ2v) is 11.7. The predicted molar refractivity (Wildman–Crippen MR) is 158 cm³/mol. The first kappa shape index (κ1) is 28.1. The van der Waals surface area contributed by atoms with E-state index >= 15 is 0 Å². The van der Waals surface area contributed by atoms with Crippen molar-refractivity contribution in [3.8, 4) is 34.1 Å². The molecule has 0 amide bonds. The number of fused-ring (bicyclic) bond motifs is 4. The topological polar surface area (TPSA) is 169 Å². The molecule has 5 N–H and O–H groups in total. The van der Waals surface area contributed by atoms with Gasteiger partial charge in [-0.05, 0) is 78.9 Å². The molecule has 0 unspecified atom stereocenters. The number of aliphatic hydroxyl groups is 1. The van der Waals surface area contributed by atoms with E-state index < -0.39 is 52.7 Å². The molecule has 0 aliphatic heterocycles. The predicted octanol–water partition coefficient (Wildman–Crippen LogP) is 5.31. The van der Waals surface area contributed by atoms with Gasteiger partial charge in [0.1, 0.15) is 34.6 Å². The molecular weight excluding hydrogens is 552 g/mol. The lowest BCUT2D eigenvalue weighted by molar-refractivity contribution is -0.124. The average Bonchev–Trinajstić information content (AvgIpc) is 2.88. The van der Waals surface area contributed by atoms with Crippen LogP contribution in [0.5, 0.6) is 23.0 Å². The number of rotatable bonds is 3. The van der Waals surface area contributed by atoms with Crippen LogP contribution in [-0.2, 0) is 9.59 Å². The van der Waals surface area contributed by atoms with Crippen LogP contribution < -0.4 is 0 Å². The van der Waals surface area contributed by atoms with Gasteiger partial charge in [-0.1, -0.05) is 29.8 Å². The van der Waals surface area contributed by atoms with Crippen molar-refractivity contribution in [2.24, 2.45) is 0 Å². The molecule has 0 spiro atoms. The van der Waals surface area contributed by atoms with E-state index in [2.05, 4.69) is 0 Å². The SMILES string of the molecule is CC(=O)[C@@H]1C(C)=CC(=O)c2c1c(-c1c3c(c(O)c4c(O)cccc14)C(=O)C[C@@](C)(O)[C@@H]3C(C)=O)c1cccc(O)c1c2O. The summed E-state index contributed by atoms with van der Waals surface area (Å²) in [4.78, 5) is 53.8. The Labute approximate surface area is 245 Å². The summed E-state index contributed by atoms with van der Waals surface area (Å²) in [5.41, 5.74) is -1.72. The summed E-state index contributed by atoms with van der Waals surface area (Å²) in [6.45, 7) is 5.52. The second-order valence-electron chi connectivity index (χ2n) is 11.7. The van der Waals surface area contributed by atoms with Crippen molar-refractivity contribution < 1.29 is 44.7 Å². The van der Waals surface area contributed by atoms with Crippen molar-refractivity contribution in [3.63, 3.8) is 0 Å². The molecule has 9 heteroatoms. The third-order valence-corrected chi connectivity index (χ3v) is 8.77. The van der Waals surface area contributed by atoms with Crippen molar-refractivity contribution in [1.29, 1.82) is 0 Å². The fraction of sp³-hybridized carbons (Fsp3) is 0.235. The molecule has 0 fully saturated rings. The summed E-state index contributed by atoms with van der Waals surface area (Å²) in [6, 6.07) is 8.72. The minimum Gasteiger partial charge on any atom is -0.507 e. The summed E-state index contributed by atoms with van der Waals surface area (Å²) in [7, 11) is 0. The van der Waals surface area contributed by atoms with Gasteiger partial charge in [0.25, 0.3) is 0 Å². The van der Waals surface area contributed by atoms with Gasteiger partial charge >= 0.3 is 0 Å². The van der Waals surface area contributed by atoms with E-state index in [-0.39, 0.29) is 72.2 Å². The average molecular weight is 581 g/mol. The van der Waals surface area contributed by atoms with Crippen molar-refractivity contribution in [2.75, 3.05) is 0 Å². The van der Waals surface area contributed by atoms with Crippen LogP contribution in [0.2, 0.25) is 0 Å². The number of allylic oxidation sites excluding steroid dienone is 2. The summed E-state index contributed by atoms with van der Waals surface area (Å²) in [5, 5.41) is 56.5. The molecule has 218 valence electrons. The normalized spacial score (nSPS) is 21.5. The zero-order valence-electron chi connectivity index (χ0n) is 23.8. The second kappa shape index (κ2) is 9.24.